The van der Waals surface area contributed by atoms with Crippen molar-refractivity contribution in [2.75, 3.05) is 25.1 Å². The van der Waals surface area contributed by atoms with E-state index in [1.807, 2.05) is 13.8 Å². The lowest BCUT2D eigenvalue weighted by atomic mass is 10.1. The van der Waals surface area contributed by atoms with E-state index in [-0.39, 0.29) is 34.8 Å². The Morgan fingerprint density at radius 3 is 2.10 bits per heavy atom. The summed E-state index contributed by atoms with van der Waals surface area (Å²) < 4.78 is 39.5. The fraction of sp³-hybridized carbons (Fsp3) is 0.310. The third-order valence-electron chi connectivity index (χ3n) is 6.14. The first-order valence-electron chi connectivity index (χ1n) is 12.6. The minimum Gasteiger partial charge on any atom is -0.497 e. The standard InChI is InChI=1S/C29H34ClN3O6S/c1-20(2)31-29(35)21(3)32(18-22-10-12-23(30)13-11-22)28(34)19-33(26-8-6-7-9-27(26)39-5)40(36,37)25-16-14-24(38-4)15-17-25/h6-17,20-21H,18-19H2,1-5H3,(H,31,35)/t21-/m0/s1. The van der Waals surface area contributed by atoms with Crippen LogP contribution in [0.25, 0.3) is 0 Å². The molecule has 0 heterocycles. The molecule has 0 radical (unpaired) electrons. The molecule has 3 rings (SSSR count). The Morgan fingerprint density at radius 1 is 0.900 bits per heavy atom. The molecule has 9 nitrogen and oxygen atoms in total. The number of carbonyl (C=O) groups excluding carboxylic acids is 2. The van der Waals surface area contributed by atoms with E-state index in [2.05, 4.69) is 5.32 Å². The van der Waals surface area contributed by atoms with Crippen molar-refractivity contribution in [3.8, 4) is 11.5 Å². The fourth-order valence-electron chi connectivity index (χ4n) is 4.00. The summed E-state index contributed by atoms with van der Waals surface area (Å²) in [5.74, 6) is -0.191. The fourth-order valence-corrected chi connectivity index (χ4v) is 5.55. The van der Waals surface area contributed by atoms with E-state index in [1.54, 1.807) is 55.5 Å². The normalized spacial score (nSPS) is 12.0. The molecule has 0 aliphatic heterocycles. The summed E-state index contributed by atoms with van der Waals surface area (Å²) in [5, 5.41) is 3.35. The summed E-state index contributed by atoms with van der Waals surface area (Å²) >= 11 is 6.04. The number of amides is 2. The highest BCUT2D eigenvalue weighted by atomic mass is 35.5. The van der Waals surface area contributed by atoms with Gasteiger partial charge >= 0.3 is 0 Å². The van der Waals surface area contributed by atoms with E-state index in [4.69, 9.17) is 21.1 Å². The number of methoxy groups -OCH3 is 2. The van der Waals surface area contributed by atoms with Gasteiger partial charge in [0.1, 0.15) is 24.1 Å². The Hall–Kier alpha value is -3.76. The maximum absolute atomic E-state index is 14.0. The van der Waals surface area contributed by atoms with Crippen LogP contribution in [0.1, 0.15) is 26.3 Å². The van der Waals surface area contributed by atoms with Crippen LogP contribution in [0.4, 0.5) is 5.69 Å². The lowest BCUT2D eigenvalue weighted by Crippen LogP contribution is -2.52. The molecule has 11 heteroatoms. The quantitative estimate of drug-likeness (QED) is 0.335. The van der Waals surface area contributed by atoms with Crippen LogP contribution in [-0.2, 0) is 26.2 Å². The molecule has 0 aliphatic carbocycles. The van der Waals surface area contributed by atoms with Gasteiger partial charge in [0.2, 0.25) is 11.8 Å². The van der Waals surface area contributed by atoms with Gasteiger partial charge in [0, 0.05) is 17.6 Å². The number of para-hydroxylation sites is 2. The van der Waals surface area contributed by atoms with Gasteiger partial charge in [0.25, 0.3) is 10.0 Å². The van der Waals surface area contributed by atoms with Gasteiger partial charge in [-0.1, -0.05) is 35.9 Å². The number of ether oxygens (including phenoxy) is 2. The molecule has 0 unspecified atom stereocenters. The summed E-state index contributed by atoms with van der Waals surface area (Å²) in [4.78, 5) is 28.3. The molecule has 2 amide bonds. The Labute approximate surface area is 240 Å². The van der Waals surface area contributed by atoms with Gasteiger partial charge in [0.05, 0.1) is 24.8 Å². The van der Waals surface area contributed by atoms with Gasteiger partial charge in [-0.15, -0.1) is 0 Å². The van der Waals surface area contributed by atoms with Crippen LogP contribution in [0.5, 0.6) is 11.5 Å². The predicted octanol–water partition coefficient (Wildman–Crippen LogP) is 4.49. The molecule has 0 aromatic heterocycles. The Bertz CT molecular complexity index is 1410. The Morgan fingerprint density at radius 2 is 1.52 bits per heavy atom. The second-order valence-electron chi connectivity index (χ2n) is 9.35. The van der Waals surface area contributed by atoms with Crippen molar-refractivity contribution in [1.82, 2.24) is 10.2 Å². The number of nitrogens with one attached hydrogen (secondary N) is 1. The van der Waals surface area contributed by atoms with E-state index in [0.29, 0.717) is 10.8 Å². The molecule has 0 spiro atoms. The van der Waals surface area contributed by atoms with Crippen molar-refractivity contribution in [1.29, 1.82) is 0 Å². The number of carbonyl (C=O) groups is 2. The van der Waals surface area contributed by atoms with Crippen LogP contribution in [-0.4, -0.2) is 58.0 Å². The van der Waals surface area contributed by atoms with E-state index in [9.17, 15) is 18.0 Å². The topological polar surface area (TPSA) is 105 Å². The zero-order valence-corrected chi connectivity index (χ0v) is 24.7. The highest BCUT2D eigenvalue weighted by Crippen LogP contribution is 2.33. The monoisotopic (exact) mass is 587 g/mol. The van der Waals surface area contributed by atoms with Gasteiger partial charge in [-0.3, -0.25) is 13.9 Å². The van der Waals surface area contributed by atoms with E-state index in [0.717, 1.165) is 9.87 Å². The van der Waals surface area contributed by atoms with Crippen LogP contribution in [0.2, 0.25) is 5.02 Å². The second kappa shape index (κ2) is 13.5. The highest BCUT2D eigenvalue weighted by molar-refractivity contribution is 7.92. The number of sulfonamides is 1. The first-order valence-corrected chi connectivity index (χ1v) is 14.4. The summed E-state index contributed by atoms with van der Waals surface area (Å²) in [5.41, 5.74) is 0.906. The lowest BCUT2D eigenvalue weighted by Gasteiger charge is -2.32. The molecule has 214 valence electrons. The van der Waals surface area contributed by atoms with Crippen molar-refractivity contribution >= 4 is 39.1 Å². The molecule has 3 aromatic carbocycles. The number of hydrogen-bond donors (Lipinski definition) is 1. The number of anilines is 1. The smallest absolute Gasteiger partial charge is 0.264 e. The molecule has 0 saturated heterocycles. The zero-order chi connectivity index (χ0) is 29.4. The highest BCUT2D eigenvalue weighted by Gasteiger charge is 2.33. The van der Waals surface area contributed by atoms with Crippen molar-refractivity contribution in [3.63, 3.8) is 0 Å². The molecular weight excluding hydrogens is 554 g/mol. The molecule has 3 aromatic rings. The average Bonchev–Trinajstić information content (AvgIpc) is 2.94. The molecule has 0 bridgehead atoms. The first-order chi connectivity index (χ1) is 19.0. The molecule has 40 heavy (non-hydrogen) atoms. The number of hydrogen-bond acceptors (Lipinski definition) is 6. The van der Waals surface area contributed by atoms with Crippen LogP contribution in [0.3, 0.4) is 0 Å². The van der Waals surface area contributed by atoms with Gasteiger partial charge in [-0.25, -0.2) is 8.42 Å². The number of benzene rings is 3. The van der Waals surface area contributed by atoms with Gasteiger partial charge in [-0.2, -0.15) is 0 Å². The van der Waals surface area contributed by atoms with E-state index < -0.39 is 28.5 Å². The predicted molar refractivity (Wildman–Crippen MR) is 155 cm³/mol. The van der Waals surface area contributed by atoms with Crippen LogP contribution < -0.4 is 19.1 Å². The molecule has 0 aliphatic rings. The summed E-state index contributed by atoms with van der Waals surface area (Å²) in [6, 6.07) is 18.2. The lowest BCUT2D eigenvalue weighted by molar-refractivity contribution is -0.139. The first kappa shape index (κ1) is 30.8. The minimum atomic E-state index is -4.25. The van der Waals surface area contributed by atoms with E-state index >= 15 is 0 Å². The minimum absolute atomic E-state index is 0.0399. The maximum Gasteiger partial charge on any atom is 0.264 e. The summed E-state index contributed by atoms with van der Waals surface area (Å²) in [7, 11) is -1.35. The molecule has 1 N–H and O–H groups in total. The third-order valence-corrected chi connectivity index (χ3v) is 8.17. The summed E-state index contributed by atoms with van der Waals surface area (Å²) in [6.07, 6.45) is 0. The molecular formula is C29H34ClN3O6S. The van der Waals surface area contributed by atoms with Crippen LogP contribution in [0, 0.1) is 0 Å². The average molecular weight is 588 g/mol. The van der Waals surface area contributed by atoms with Gasteiger partial charge in [0.15, 0.2) is 0 Å². The van der Waals surface area contributed by atoms with E-state index in [1.165, 1.54) is 43.4 Å². The van der Waals surface area contributed by atoms with Gasteiger partial charge < -0.3 is 19.7 Å². The molecule has 0 saturated carbocycles. The molecule has 0 fully saturated rings. The third kappa shape index (κ3) is 7.45. The number of halogens is 1. The number of rotatable bonds is 12. The van der Waals surface area contributed by atoms with Crippen LogP contribution >= 0.6 is 11.6 Å². The Kier molecular flexibility index (Phi) is 10.4. The van der Waals surface area contributed by atoms with Crippen molar-refractivity contribution < 1.29 is 27.5 Å². The number of nitrogens with zero attached hydrogens (tertiary/aromatic N) is 2. The maximum atomic E-state index is 14.0. The largest absolute Gasteiger partial charge is 0.497 e. The molecule has 1 atom stereocenters. The van der Waals surface area contributed by atoms with Crippen molar-refractivity contribution in [2.24, 2.45) is 0 Å². The van der Waals surface area contributed by atoms with Crippen molar-refractivity contribution in [2.45, 2.75) is 44.3 Å². The zero-order valence-electron chi connectivity index (χ0n) is 23.1. The van der Waals surface area contributed by atoms with Crippen molar-refractivity contribution in [3.05, 3.63) is 83.4 Å². The summed E-state index contributed by atoms with van der Waals surface area (Å²) in [6.45, 7) is 4.73. The Balaban J connectivity index is 2.06. The second-order valence-corrected chi connectivity index (χ2v) is 11.6. The van der Waals surface area contributed by atoms with Gasteiger partial charge in [-0.05, 0) is 74.9 Å². The SMILES string of the molecule is COc1ccc(S(=O)(=O)N(CC(=O)N(Cc2ccc(Cl)cc2)[C@@H](C)C(=O)NC(C)C)c2ccccc2OC)cc1. The van der Waals surface area contributed by atoms with Crippen LogP contribution in [0.15, 0.2) is 77.7 Å².